The molecule has 2 unspecified atom stereocenters. The summed E-state index contributed by atoms with van der Waals surface area (Å²) in [4.78, 5) is 2.70. The Kier molecular flexibility index (Phi) is 5.49. The fourth-order valence-corrected chi connectivity index (χ4v) is 3.89. The first-order valence-corrected chi connectivity index (χ1v) is 8.60. The van der Waals surface area contributed by atoms with Gasteiger partial charge in [0.1, 0.15) is 0 Å². The standard InChI is InChI=1S/C17H34N2O/c1-4-10-18-17(14-20)7-5-6-15(13-17)19-11-8-16(2,3)9-12-19/h15,18,20H,4-14H2,1-3H3. The van der Waals surface area contributed by atoms with Crippen molar-refractivity contribution in [2.24, 2.45) is 5.41 Å². The topological polar surface area (TPSA) is 35.5 Å². The van der Waals surface area contributed by atoms with Crippen molar-refractivity contribution in [3.8, 4) is 0 Å². The number of hydrogen-bond donors (Lipinski definition) is 2. The number of aliphatic hydroxyl groups is 1. The van der Waals surface area contributed by atoms with Crippen molar-refractivity contribution < 1.29 is 5.11 Å². The second kappa shape index (κ2) is 6.76. The molecule has 0 aromatic heterocycles. The van der Waals surface area contributed by atoms with Crippen LogP contribution < -0.4 is 5.32 Å². The lowest BCUT2D eigenvalue weighted by molar-refractivity contribution is 0.0302. The summed E-state index contributed by atoms with van der Waals surface area (Å²) < 4.78 is 0. The molecular formula is C17H34N2O. The minimum absolute atomic E-state index is 0.00804. The Bertz CT molecular complexity index is 295. The zero-order valence-corrected chi connectivity index (χ0v) is 13.7. The van der Waals surface area contributed by atoms with E-state index in [1.807, 2.05) is 0 Å². The summed E-state index contributed by atoms with van der Waals surface area (Å²) in [5.74, 6) is 0. The van der Waals surface area contributed by atoms with E-state index in [1.54, 1.807) is 0 Å². The average Bonchev–Trinajstić information content (AvgIpc) is 2.45. The number of aliphatic hydroxyl groups excluding tert-OH is 1. The molecule has 2 N–H and O–H groups in total. The summed E-state index contributed by atoms with van der Waals surface area (Å²) in [5.41, 5.74) is 0.519. The minimum atomic E-state index is -0.00804. The highest BCUT2D eigenvalue weighted by atomic mass is 16.3. The minimum Gasteiger partial charge on any atom is -0.394 e. The molecule has 1 aliphatic carbocycles. The van der Waals surface area contributed by atoms with Gasteiger partial charge in [-0.1, -0.05) is 20.8 Å². The summed E-state index contributed by atoms with van der Waals surface area (Å²) in [5, 5.41) is 13.5. The van der Waals surface area contributed by atoms with Crippen LogP contribution in [0.4, 0.5) is 0 Å². The normalized spacial score (nSPS) is 35.1. The second-order valence-corrected chi connectivity index (χ2v) is 7.82. The predicted octanol–water partition coefficient (Wildman–Crippen LogP) is 2.78. The molecule has 20 heavy (non-hydrogen) atoms. The Balaban J connectivity index is 1.92. The summed E-state index contributed by atoms with van der Waals surface area (Å²) in [7, 11) is 0. The highest BCUT2D eigenvalue weighted by Gasteiger charge is 2.39. The Hall–Kier alpha value is -0.120. The fourth-order valence-electron chi connectivity index (χ4n) is 3.89. The number of rotatable bonds is 5. The van der Waals surface area contributed by atoms with Gasteiger partial charge in [0.05, 0.1) is 6.61 Å². The molecule has 3 nitrogen and oxygen atoms in total. The van der Waals surface area contributed by atoms with E-state index in [9.17, 15) is 5.11 Å². The molecule has 0 spiro atoms. The molecule has 1 saturated carbocycles. The highest BCUT2D eigenvalue weighted by molar-refractivity contribution is 4.97. The van der Waals surface area contributed by atoms with E-state index in [4.69, 9.17) is 0 Å². The lowest BCUT2D eigenvalue weighted by Gasteiger charge is -2.47. The van der Waals surface area contributed by atoms with Crippen LogP contribution >= 0.6 is 0 Å². The number of piperidine rings is 1. The maximum Gasteiger partial charge on any atom is 0.0613 e. The van der Waals surface area contributed by atoms with Crippen molar-refractivity contribution in [1.82, 2.24) is 10.2 Å². The van der Waals surface area contributed by atoms with E-state index in [0.29, 0.717) is 18.1 Å². The molecule has 1 heterocycles. The van der Waals surface area contributed by atoms with Crippen LogP contribution in [0.2, 0.25) is 0 Å². The Morgan fingerprint density at radius 3 is 2.50 bits per heavy atom. The van der Waals surface area contributed by atoms with Gasteiger partial charge < -0.3 is 15.3 Å². The van der Waals surface area contributed by atoms with Crippen molar-refractivity contribution in [3.05, 3.63) is 0 Å². The Morgan fingerprint density at radius 1 is 1.20 bits per heavy atom. The van der Waals surface area contributed by atoms with Crippen LogP contribution in [-0.4, -0.2) is 47.8 Å². The zero-order valence-electron chi connectivity index (χ0n) is 13.7. The number of hydrogen-bond acceptors (Lipinski definition) is 3. The first-order chi connectivity index (χ1) is 9.50. The van der Waals surface area contributed by atoms with Gasteiger partial charge in [-0.3, -0.25) is 0 Å². The molecule has 2 fully saturated rings. The van der Waals surface area contributed by atoms with Crippen LogP contribution in [0, 0.1) is 5.41 Å². The summed E-state index contributed by atoms with van der Waals surface area (Å²) >= 11 is 0. The molecule has 0 bridgehead atoms. The molecule has 1 saturated heterocycles. The zero-order chi connectivity index (χ0) is 14.6. The largest absolute Gasteiger partial charge is 0.394 e. The Morgan fingerprint density at radius 2 is 1.90 bits per heavy atom. The van der Waals surface area contributed by atoms with E-state index in [1.165, 1.54) is 38.8 Å². The van der Waals surface area contributed by atoms with Crippen LogP contribution in [0.25, 0.3) is 0 Å². The SMILES string of the molecule is CCCNC1(CO)CCCC(N2CCC(C)(C)CC2)C1. The molecule has 1 aliphatic heterocycles. The smallest absolute Gasteiger partial charge is 0.0613 e. The van der Waals surface area contributed by atoms with E-state index < -0.39 is 0 Å². The second-order valence-electron chi connectivity index (χ2n) is 7.82. The summed E-state index contributed by atoms with van der Waals surface area (Å²) in [6.07, 6.45) is 8.61. The molecule has 0 aromatic carbocycles. The molecule has 2 rings (SSSR count). The van der Waals surface area contributed by atoms with Gasteiger partial charge in [-0.2, -0.15) is 0 Å². The average molecular weight is 282 g/mol. The van der Waals surface area contributed by atoms with E-state index in [2.05, 4.69) is 31.0 Å². The van der Waals surface area contributed by atoms with Gasteiger partial charge in [0.15, 0.2) is 0 Å². The van der Waals surface area contributed by atoms with Gasteiger partial charge in [-0.05, 0) is 70.0 Å². The maximum absolute atomic E-state index is 9.89. The van der Waals surface area contributed by atoms with Crippen LogP contribution in [0.3, 0.4) is 0 Å². The first kappa shape index (κ1) is 16.3. The van der Waals surface area contributed by atoms with Crippen molar-refractivity contribution >= 4 is 0 Å². The molecule has 0 amide bonds. The quantitative estimate of drug-likeness (QED) is 0.814. The molecule has 118 valence electrons. The molecule has 2 atom stereocenters. The van der Waals surface area contributed by atoms with Crippen LogP contribution in [0.5, 0.6) is 0 Å². The molecule has 3 heteroatoms. The van der Waals surface area contributed by atoms with Crippen LogP contribution in [-0.2, 0) is 0 Å². The van der Waals surface area contributed by atoms with Gasteiger partial charge >= 0.3 is 0 Å². The van der Waals surface area contributed by atoms with Crippen LogP contribution in [0.15, 0.2) is 0 Å². The lowest BCUT2D eigenvalue weighted by Crippen LogP contribution is -2.57. The van der Waals surface area contributed by atoms with Gasteiger partial charge in [0.2, 0.25) is 0 Å². The fraction of sp³-hybridized carbons (Fsp3) is 1.00. The third-order valence-corrected chi connectivity index (χ3v) is 5.54. The highest BCUT2D eigenvalue weighted by Crippen LogP contribution is 2.36. The number of nitrogens with zero attached hydrogens (tertiary/aromatic N) is 1. The van der Waals surface area contributed by atoms with Gasteiger partial charge in [0, 0.05) is 11.6 Å². The van der Waals surface area contributed by atoms with Crippen molar-refractivity contribution in [3.63, 3.8) is 0 Å². The predicted molar refractivity (Wildman–Crippen MR) is 85.0 cm³/mol. The maximum atomic E-state index is 9.89. The first-order valence-electron chi connectivity index (χ1n) is 8.60. The van der Waals surface area contributed by atoms with Gasteiger partial charge in [0.25, 0.3) is 0 Å². The lowest BCUT2D eigenvalue weighted by atomic mass is 9.76. The molecule has 0 radical (unpaired) electrons. The Labute approximate surface area is 125 Å². The van der Waals surface area contributed by atoms with Gasteiger partial charge in [-0.25, -0.2) is 0 Å². The summed E-state index contributed by atoms with van der Waals surface area (Å²) in [6.45, 7) is 10.8. The van der Waals surface area contributed by atoms with Crippen molar-refractivity contribution in [2.75, 3.05) is 26.2 Å². The third-order valence-electron chi connectivity index (χ3n) is 5.54. The van der Waals surface area contributed by atoms with Crippen LogP contribution in [0.1, 0.15) is 65.7 Å². The van der Waals surface area contributed by atoms with E-state index in [0.717, 1.165) is 25.8 Å². The van der Waals surface area contributed by atoms with Crippen molar-refractivity contribution in [1.29, 1.82) is 0 Å². The van der Waals surface area contributed by atoms with E-state index >= 15 is 0 Å². The number of nitrogens with one attached hydrogen (secondary N) is 1. The monoisotopic (exact) mass is 282 g/mol. The molecular weight excluding hydrogens is 248 g/mol. The summed E-state index contributed by atoms with van der Waals surface area (Å²) in [6, 6.07) is 0.677. The molecule has 0 aromatic rings. The van der Waals surface area contributed by atoms with Gasteiger partial charge in [-0.15, -0.1) is 0 Å². The third kappa shape index (κ3) is 3.96. The van der Waals surface area contributed by atoms with E-state index in [-0.39, 0.29) is 5.54 Å². The number of likely N-dealkylation sites (tertiary alicyclic amines) is 1. The molecule has 2 aliphatic rings. The van der Waals surface area contributed by atoms with Crippen molar-refractivity contribution in [2.45, 2.75) is 77.3 Å².